The van der Waals surface area contributed by atoms with Crippen molar-refractivity contribution in [1.29, 1.82) is 5.26 Å². The first-order chi connectivity index (χ1) is 6.86. The number of phenols is 1. The Morgan fingerprint density at radius 3 is 2.47 bits per heavy atom. The average Bonchev–Trinajstić information content (AvgIpc) is 2.16. The maximum absolute atomic E-state index is 12.2. The van der Waals surface area contributed by atoms with E-state index in [-0.39, 0.29) is 5.56 Å². The summed E-state index contributed by atoms with van der Waals surface area (Å²) in [5.41, 5.74) is 4.42. The summed E-state index contributed by atoms with van der Waals surface area (Å²) in [7, 11) is 0. The van der Waals surface area contributed by atoms with Crippen molar-refractivity contribution in [3.63, 3.8) is 0 Å². The van der Waals surface area contributed by atoms with Gasteiger partial charge < -0.3 is 10.8 Å². The summed E-state index contributed by atoms with van der Waals surface area (Å²) < 4.78 is 36.7. The lowest BCUT2D eigenvalue weighted by molar-refractivity contribution is -0.149. The molecular weight excluding hydrogens is 209 g/mol. The van der Waals surface area contributed by atoms with Gasteiger partial charge in [0.15, 0.2) is 0 Å². The van der Waals surface area contributed by atoms with E-state index in [2.05, 4.69) is 0 Å². The van der Waals surface area contributed by atoms with Crippen LogP contribution < -0.4 is 5.73 Å². The highest BCUT2D eigenvalue weighted by atomic mass is 19.4. The van der Waals surface area contributed by atoms with E-state index in [1.807, 2.05) is 0 Å². The van der Waals surface area contributed by atoms with Crippen LogP contribution in [0.25, 0.3) is 0 Å². The van der Waals surface area contributed by atoms with Gasteiger partial charge >= 0.3 is 6.18 Å². The number of alkyl halides is 3. The van der Waals surface area contributed by atoms with Crippen molar-refractivity contribution in [2.24, 2.45) is 5.73 Å². The summed E-state index contributed by atoms with van der Waals surface area (Å²) in [6, 6.07) is 2.53. The van der Waals surface area contributed by atoms with Crippen LogP contribution in [0, 0.1) is 11.3 Å². The van der Waals surface area contributed by atoms with Crippen molar-refractivity contribution in [2.75, 3.05) is 0 Å². The molecule has 0 fully saturated rings. The molecule has 15 heavy (non-hydrogen) atoms. The molecule has 3 nitrogen and oxygen atoms in total. The molecule has 6 heteroatoms. The molecule has 0 radical (unpaired) electrons. The van der Waals surface area contributed by atoms with Gasteiger partial charge in [-0.25, -0.2) is 0 Å². The highest BCUT2D eigenvalue weighted by molar-refractivity contribution is 5.43. The molecule has 0 saturated carbocycles. The zero-order valence-electron chi connectivity index (χ0n) is 7.42. The predicted molar refractivity (Wildman–Crippen MR) is 45.8 cm³/mol. The first-order valence-electron chi connectivity index (χ1n) is 3.91. The molecule has 0 unspecified atom stereocenters. The van der Waals surface area contributed by atoms with Crippen molar-refractivity contribution in [2.45, 2.75) is 12.2 Å². The highest BCUT2D eigenvalue weighted by Gasteiger charge is 2.39. The Morgan fingerprint density at radius 1 is 1.40 bits per heavy atom. The van der Waals surface area contributed by atoms with Crippen LogP contribution >= 0.6 is 0 Å². The van der Waals surface area contributed by atoms with Crippen LogP contribution in [-0.2, 0) is 0 Å². The minimum absolute atomic E-state index is 0.0162. The number of hydrogen-bond acceptors (Lipinski definition) is 3. The second-order valence-corrected chi connectivity index (χ2v) is 2.90. The molecule has 0 aliphatic heterocycles. The molecule has 1 atom stereocenters. The Kier molecular flexibility index (Phi) is 2.86. The Hall–Kier alpha value is -1.74. The lowest BCUT2D eigenvalue weighted by Crippen LogP contribution is -2.28. The van der Waals surface area contributed by atoms with E-state index in [0.29, 0.717) is 0 Å². The molecule has 0 aliphatic carbocycles. The van der Waals surface area contributed by atoms with Crippen LogP contribution in [0.3, 0.4) is 0 Å². The monoisotopic (exact) mass is 216 g/mol. The number of nitrogens with two attached hydrogens (primary N) is 1. The zero-order chi connectivity index (χ0) is 11.6. The Bertz CT molecular complexity index is 409. The van der Waals surface area contributed by atoms with Crippen molar-refractivity contribution >= 4 is 0 Å². The Morgan fingerprint density at radius 2 is 2.00 bits per heavy atom. The minimum atomic E-state index is -4.65. The molecule has 0 aliphatic rings. The molecule has 3 N–H and O–H groups in total. The largest absolute Gasteiger partial charge is 0.508 e. The molecule has 0 aromatic heterocycles. The molecule has 0 heterocycles. The van der Waals surface area contributed by atoms with Gasteiger partial charge in [0.1, 0.15) is 11.8 Å². The summed E-state index contributed by atoms with van der Waals surface area (Å²) in [5.74, 6) is -0.571. The number of aromatic hydroxyl groups is 1. The number of benzene rings is 1. The lowest BCUT2D eigenvalue weighted by atomic mass is 10.0. The van der Waals surface area contributed by atoms with Gasteiger partial charge in [0.25, 0.3) is 0 Å². The topological polar surface area (TPSA) is 70.0 Å². The summed E-state index contributed by atoms with van der Waals surface area (Å²) in [6.07, 6.45) is -4.65. The van der Waals surface area contributed by atoms with Crippen LogP contribution in [0.4, 0.5) is 13.2 Å². The molecular formula is C9H7F3N2O. The lowest BCUT2D eigenvalue weighted by Gasteiger charge is -2.16. The van der Waals surface area contributed by atoms with Crippen LogP contribution in [0.1, 0.15) is 17.2 Å². The van der Waals surface area contributed by atoms with E-state index in [4.69, 9.17) is 11.0 Å². The van der Waals surface area contributed by atoms with E-state index in [1.54, 1.807) is 6.07 Å². The molecule has 1 rings (SSSR count). The zero-order valence-corrected chi connectivity index (χ0v) is 7.42. The van der Waals surface area contributed by atoms with Crippen molar-refractivity contribution in [1.82, 2.24) is 0 Å². The van der Waals surface area contributed by atoms with Gasteiger partial charge in [-0.15, -0.1) is 0 Å². The summed E-state index contributed by atoms with van der Waals surface area (Å²) >= 11 is 0. The van der Waals surface area contributed by atoms with Gasteiger partial charge in [0.05, 0.1) is 11.6 Å². The first kappa shape index (κ1) is 11.3. The molecule has 0 saturated heterocycles. The number of rotatable bonds is 1. The molecule has 1 aromatic rings. The third kappa shape index (κ3) is 2.39. The van der Waals surface area contributed by atoms with Crippen LogP contribution in [0.15, 0.2) is 18.2 Å². The Balaban J connectivity index is 3.20. The quantitative estimate of drug-likeness (QED) is 0.752. The van der Waals surface area contributed by atoms with Crippen molar-refractivity contribution in [3.05, 3.63) is 29.3 Å². The maximum atomic E-state index is 12.2. The van der Waals surface area contributed by atoms with Gasteiger partial charge in [0.2, 0.25) is 0 Å². The predicted octanol–water partition coefficient (Wildman–Crippen LogP) is 1.83. The molecule has 0 bridgehead atoms. The third-order valence-electron chi connectivity index (χ3n) is 1.84. The van der Waals surface area contributed by atoms with E-state index >= 15 is 0 Å². The number of nitriles is 1. The van der Waals surface area contributed by atoms with Crippen LogP contribution in [0.2, 0.25) is 0 Å². The van der Waals surface area contributed by atoms with Crippen LogP contribution in [-0.4, -0.2) is 11.3 Å². The summed E-state index contributed by atoms with van der Waals surface area (Å²) in [5, 5.41) is 17.7. The third-order valence-corrected chi connectivity index (χ3v) is 1.84. The van der Waals surface area contributed by atoms with Crippen molar-refractivity contribution < 1.29 is 18.3 Å². The summed E-state index contributed by atoms with van der Waals surface area (Å²) in [6.45, 7) is 0. The SMILES string of the molecule is N#Cc1ccc(O)c([C@H](N)C(F)(F)F)c1. The standard InChI is InChI=1S/C9H7F3N2O/c10-9(11,12)8(14)6-3-5(4-13)1-2-7(6)15/h1-3,8,15H,14H2/t8-/m0/s1. The average molecular weight is 216 g/mol. The summed E-state index contributed by atoms with van der Waals surface area (Å²) in [4.78, 5) is 0. The molecule has 80 valence electrons. The number of halogens is 3. The maximum Gasteiger partial charge on any atom is 0.407 e. The molecule has 0 amide bonds. The minimum Gasteiger partial charge on any atom is -0.508 e. The fourth-order valence-corrected chi connectivity index (χ4v) is 1.05. The molecule has 0 spiro atoms. The van der Waals surface area contributed by atoms with Gasteiger partial charge in [0, 0.05) is 5.56 Å². The molecule has 1 aromatic carbocycles. The fraction of sp³-hybridized carbons (Fsp3) is 0.222. The normalized spacial score (nSPS) is 13.3. The second-order valence-electron chi connectivity index (χ2n) is 2.90. The van der Waals surface area contributed by atoms with Gasteiger partial charge in [-0.3, -0.25) is 0 Å². The number of hydrogen-bond donors (Lipinski definition) is 2. The van der Waals surface area contributed by atoms with Crippen LogP contribution in [0.5, 0.6) is 5.75 Å². The van der Waals surface area contributed by atoms with Gasteiger partial charge in [-0.2, -0.15) is 18.4 Å². The highest BCUT2D eigenvalue weighted by Crippen LogP contribution is 2.35. The van der Waals surface area contributed by atoms with E-state index < -0.39 is 23.5 Å². The second kappa shape index (κ2) is 3.79. The van der Waals surface area contributed by atoms with Crippen molar-refractivity contribution in [3.8, 4) is 11.8 Å². The van der Waals surface area contributed by atoms with E-state index in [1.165, 1.54) is 6.07 Å². The fourth-order valence-electron chi connectivity index (χ4n) is 1.05. The first-order valence-corrected chi connectivity index (χ1v) is 3.91. The van der Waals surface area contributed by atoms with E-state index in [0.717, 1.165) is 12.1 Å². The smallest absolute Gasteiger partial charge is 0.407 e. The van der Waals surface area contributed by atoms with E-state index in [9.17, 15) is 18.3 Å². The number of phenolic OH excluding ortho intramolecular Hbond substituents is 1. The van der Waals surface area contributed by atoms with Gasteiger partial charge in [-0.1, -0.05) is 0 Å². The van der Waals surface area contributed by atoms with Gasteiger partial charge in [-0.05, 0) is 18.2 Å². The number of nitrogens with zero attached hydrogens (tertiary/aromatic N) is 1. The Labute approximate surface area is 83.5 Å².